The minimum atomic E-state index is 0.134. The Balaban J connectivity index is 2.76. The highest BCUT2D eigenvalue weighted by Gasteiger charge is 2.15. The van der Waals surface area contributed by atoms with Gasteiger partial charge in [0.25, 0.3) is 0 Å². The molecule has 1 aromatic carbocycles. The molecule has 0 spiro atoms. The summed E-state index contributed by atoms with van der Waals surface area (Å²) in [5.41, 5.74) is 7.28. The quantitative estimate of drug-likeness (QED) is 0.864. The van der Waals surface area contributed by atoms with Crippen LogP contribution in [0.3, 0.4) is 0 Å². The molecule has 0 saturated carbocycles. The summed E-state index contributed by atoms with van der Waals surface area (Å²) >= 11 is 7.82. The Labute approximate surface area is 113 Å². The van der Waals surface area contributed by atoms with E-state index in [9.17, 15) is 0 Å². The zero-order valence-electron chi connectivity index (χ0n) is 10.6. The average molecular weight is 274 g/mol. The topological polar surface area (TPSA) is 35.2 Å². The molecule has 0 bridgehead atoms. The van der Waals surface area contributed by atoms with E-state index in [0.717, 1.165) is 28.5 Å². The first kappa shape index (κ1) is 14.7. The molecular formula is C13H20ClNOS. The molecule has 2 atom stereocenters. The van der Waals surface area contributed by atoms with E-state index in [1.807, 2.05) is 30.0 Å². The number of hydrogen-bond acceptors (Lipinski definition) is 3. The molecule has 0 amide bonds. The Morgan fingerprint density at radius 1 is 1.47 bits per heavy atom. The summed E-state index contributed by atoms with van der Waals surface area (Å²) in [7, 11) is 1.67. The number of benzene rings is 1. The van der Waals surface area contributed by atoms with Crippen LogP contribution in [0.5, 0.6) is 5.75 Å². The number of nitrogens with two attached hydrogens (primary N) is 1. The van der Waals surface area contributed by atoms with Crippen LogP contribution >= 0.6 is 23.4 Å². The van der Waals surface area contributed by atoms with Gasteiger partial charge >= 0.3 is 0 Å². The molecule has 0 fully saturated rings. The molecule has 1 rings (SSSR count). The molecule has 0 aliphatic carbocycles. The molecule has 1 aromatic rings. The highest BCUT2D eigenvalue weighted by Crippen LogP contribution is 2.25. The Bertz CT molecular complexity index is 359. The van der Waals surface area contributed by atoms with E-state index in [4.69, 9.17) is 22.1 Å². The Hall–Kier alpha value is -0.380. The SMILES string of the molecule is COc1ccc(Cl)cc1CC(N)C(C)CSC. The van der Waals surface area contributed by atoms with Crippen molar-refractivity contribution in [1.29, 1.82) is 0 Å². The summed E-state index contributed by atoms with van der Waals surface area (Å²) in [4.78, 5) is 0. The summed E-state index contributed by atoms with van der Waals surface area (Å²) in [5.74, 6) is 2.42. The minimum Gasteiger partial charge on any atom is -0.496 e. The first-order valence-corrected chi connectivity index (χ1v) is 7.42. The largest absolute Gasteiger partial charge is 0.496 e. The number of ether oxygens (including phenoxy) is 1. The van der Waals surface area contributed by atoms with Crippen molar-refractivity contribution in [3.63, 3.8) is 0 Å². The third-order valence-electron chi connectivity index (χ3n) is 2.86. The second-order valence-corrected chi connectivity index (χ2v) is 5.60. The fraction of sp³-hybridized carbons (Fsp3) is 0.538. The molecule has 2 N–H and O–H groups in total. The van der Waals surface area contributed by atoms with E-state index in [1.165, 1.54) is 0 Å². The number of rotatable bonds is 6. The van der Waals surface area contributed by atoms with Gasteiger partial charge < -0.3 is 10.5 Å². The minimum absolute atomic E-state index is 0.134. The molecule has 17 heavy (non-hydrogen) atoms. The van der Waals surface area contributed by atoms with Crippen molar-refractivity contribution in [3.8, 4) is 5.75 Å². The second-order valence-electron chi connectivity index (χ2n) is 4.26. The fourth-order valence-corrected chi connectivity index (χ4v) is 2.72. The summed E-state index contributed by atoms with van der Waals surface area (Å²) < 4.78 is 5.32. The van der Waals surface area contributed by atoms with Crippen molar-refractivity contribution in [2.24, 2.45) is 11.7 Å². The van der Waals surface area contributed by atoms with Crippen LogP contribution in [0.2, 0.25) is 5.02 Å². The molecular weight excluding hydrogens is 254 g/mol. The van der Waals surface area contributed by atoms with Gasteiger partial charge in [-0.05, 0) is 48.1 Å². The maximum absolute atomic E-state index is 6.20. The van der Waals surface area contributed by atoms with Crippen LogP contribution in [0, 0.1) is 5.92 Å². The molecule has 0 radical (unpaired) electrons. The monoisotopic (exact) mass is 273 g/mol. The maximum atomic E-state index is 6.20. The van der Waals surface area contributed by atoms with Gasteiger partial charge in [-0.2, -0.15) is 11.8 Å². The first-order valence-electron chi connectivity index (χ1n) is 5.65. The molecule has 96 valence electrons. The molecule has 0 aliphatic heterocycles. The second kappa shape index (κ2) is 7.14. The zero-order chi connectivity index (χ0) is 12.8. The lowest BCUT2D eigenvalue weighted by Gasteiger charge is -2.20. The summed E-state index contributed by atoms with van der Waals surface area (Å²) in [6.45, 7) is 2.18. The van der Waals surface area contributed by atoms with E-state index < -0.39 is 0 Å². The van der Waals surface area contributed by atoms with Gasteiger partial charge in [-0.1, -0.05) is 18.5 Å². The van der Waals surface area contributed by atoms with Gasteiger partial charge in [0.15, 0.2) is 0 Å². The van der Waals surface area contributed by atoms with Crippen LogP contribution in [-0.2, 0) is 6.42 Å². The van der Waals surface area contributed by atoms with Crippen molar-refractivity contribution >= 4 is 23.4 Å². The molecule has 2 nitrogen and oxygen atoms in total. The van der Waals surface area contributed by atoms with Crippen molar-refractivity contribution in [2.45, 2.75) is 19.4 Å². The van der Waals surface area contributed by atoms with Gasteiger partial charge in [0.05, 0.1) is 7.11 Å². The molecule has 0 saturated heterocycles. The van der Waals surface area contributed by atoms with Gasteiger partial charge in [0.1, 0.15) is 5.75 Å². The van der Waals surface area contributed by atoms with E-state index in [1.54, 1.807) is 7.11 Å². The van der Waals surface area contributed by atoms with Gasteiger partial charge in [-0.15, -0.1) is 0 Å². The lowest BCUT2D eigenvalue weighted by Crippen LogP contribution is -2.32. The highest BCUT2D eigenvalue weighted by atomic mass is 35.5. The van der Waals surface area contributed by atoms with Crippen LogP contribution in [0.4, 0.5) is 0 Å². The van der Waals surface area contributed by atoms with Gasteiger partial charge in [0, 0.05) is 11.1 Å². The first-order chi connectivity index (χ1) is 8.08. The summed E-state index contributed by atoms with van der Waals surface area (Å²) in [6.07, 6.45) is 2.90. The Morgan fingerprint density at radius 2 is 2.18 bits per heavy atom. The predicted molar refractivity (Wildman–Crippen MR) is 77.2 cm³/mol. The van der Waals surface area contributed by atoms with Gasteiger partial charge in [-0.25, -0.2) is 0 Å². The standard InChI is InChI=1S/C13H20ClNOS/c1-9(8-17-3)12(15)7-10-6-11(14)4-5-13(10)16-2/h4-6,9,12H,7-8,15H2,1-3H3. The number of thioether (sulfide) groups is 1. The smallest absolute Gasteiger partial charge is 0.122 e. The predicted octanol–water partition coefficient (Wildman–Crippen LogP) is 3.22. The highest BCUT2D eigenvalue weighted by molar-refractivity contribution is 7.98. The van der Waals surface area contributed by atoms with E-state index in [0.29, 0.717) is 5.92 Å². The van der Waals surface area contributed by atoms with Crippen LogP contribution in [0.15, 0.2) is 18.2 Å². The summed E-state index contributed by atoms with van der Waals surface area (Å²) in [6, 6.07) is 5.80. The van der Waals surface area contributed by atoms with E-state index in [2.05, 4.69) is 13.2 Å². The fourth-order valence-electron chi connectivity index (χ4n) is 1.75. The van der Waals surface area contributed by atoms with Crippen LogP contribution in [0.25, 0.3) is 0 Å². The van der Waals surface area contributed by atoms with Crippen molar-refractivity contribution in [1.82, 2.24) is 0 Å². The maximum Gasteiger partial charge on any atom is 0.122 e. The van der Waals surface area contributed by atoms with Crippen LogP contribution in [-0.4, -0.2) is 25.2 Å². The van der Waals surface area contributed by atoms with Gasteiger partial charge in [-0.3, -0.25) is 0 Å². The molecule has 4 heteroatoms. The average Bonchev–Trinajstić information content (AvgIpc) is 2.29. The molecule has 2 unspecified atom stereocenters. The lowest BCUT2D eigenvalue weighted by molar-refractivity contribution is 0.403. The normalized spacial score (nSPS) is 14.4. The lowest BCUT2D eigenvalue weighted by atomic mass is 9.97. The Kier molecular flexibility index (Phi) is 6.17. The van der Waals surface area contributed by atoms with Crippen molar-refractivity contribution in [3.05, 3.63) is 28.8 Å². The third-order valence-corrected chi connectivity index (χ3v) is 3.95. The van der Waals surface area contributed by atoms with Crippen molar-refractivity contribution in [2.75, 3.05) is 19.1 Å². The molecule has 0 heterocycles. The van der Waals surface area contributed by atoms with Crippen LogP contribution in [0.1, 0.15) is 12.5 Å². The molecule has 0 aromatic heterocycles. The number of hydrogen-bond donors (Lipinski definition) is 1. The zero-order valence-corrected chi connectivity index (χ0v) is 12.1. The van der Waals surface area contributed by atoms with E-state index >= 15 is 0 Å². The van der Waals surface area contributed by atoms with Crippen molar-refractivity contribution < 1.29 is 4.74 Å². The molecule has 0 aliphatic rings. The third kappa shape index (κ3) is 4.41. The Morgan fingerprint density at radius 3 is 2.76 bits per heavy atom. The number of methoxy groups -OCH3 is 1. The van der Waals surface area contributed by atoms with E-state index in [-0.39, 0.29) is 6.04 Å². The van der Waals surface area contributed by atoms with Gasteiger partial charge in [0.2, 0.25) is 0 Å². The number of halogens is 1. The summed E-state index contributed by atoms with van der Waals surface area (Å²) in [5, 5.41) is 0.727. The van der Waals surface area contributed by atoms with Crippen LogP contribution < -0.4 is 10.5 Å².